The quantitative estimate of drug-likeness (QED) is 0.941. The highest BCUT2D eigenvalue weighted by Crippen LogP contribution is 2.29. The molecule has 0 aliphatic carbocycles. The van der Waals surface area contributed by atoms with Gasteiger partial charge >= 0.3 is 0 Å². The van der Waals surface area contributed by atoms with Crippen molar-refractivity contribution in [2.45, 2.75) is 39.2 Å². The lowest BCUT2D eigenvalue weighted by Gasteiger charge is -2.28. The molecule has 0 bridgehead atoms. The van der Waals surface area contributed by atoms with Gasteiger partial charge in [-0.3, -0.25) is 14.5 Å². The fourth-order valence-corrected chi connectivity index (χ4v) is 3.47. The van der Waals surface area contributed by atoms with E-state index in [-0.39, 0.29) is 11.8 Å². The van der Waals surface area contributed by atoms with Gasteiger partial charge in [-0.05, 0) is 38.3 Å². The molecule has 2 aromatic rings. The number of fused-ring (bicyclic) bond motifs is 1. The van der Waals surface area contributed by atoms with Crippen molar-refractivity contribution in [3.05, 3.63) is 40.9 Å². The molecule has 0 saturated carbocycles. The average Bonchev–Trinajstić information content (AvgIpc) is 2.85. The zero-order valence-corrected chi connectivity index (χ0v) is 14.0. The third-order valence-corrected chi connectivity index (χ3v) is 4.80. The SMILES string of the molecule is Cc1cnc(NC(=O)[C@H](C)N2C(=O)CCCc3ccccc32)s1. The smallest absolute Gasteiger partial charge is 0.249 e. The number of anilines is 2. The number of amides is 2. The van der Waals surface area contributed by atoms with Crippen LogP contribution >= 0.6 is 11.3 Å². The Morgan fingerprint density at radius 3 is 2.87 bits per heavy atom. The van der Waals surface area contributed by atoms with Gasteiger partial charge in [0.2, 0.25) is 11.8 Å². The first-order chi connectivity index (χ1) is 11.1. The average molecular weight is 329 g/mol. The number of nitrogens with zero attached hydrogens (tertiary/aromatic N) is 2. The summed E-state index contributed by atoms with van der Waals surface area (Å²) >= 11 is 1.42. The summed E-state index contributed by atoms with van der Waals surface area (Å²) in [4.78, 5) is 31.9. The number of carbonyl (C=O) groups excluding carboxylic acids is 2. The Morgan fingerprint density at radius 2 is 2.13 bits per heavy atom. The number of aryl methyl sites for hydroxylation is 2. The molecule has 5 nitrogen and oxygen atoms in total. The van der Waals surface area contributed by atoms with Crippen LogP contribution in [0.5, 0.6) is 0 Å². The molecule has 120 valence electrons. The van der Waals surface area contributed by atoms with Crippen LogP contribution in [0, 0.1) is 6.92 Å². The van der Waals surface area contributed by atoms with Gasteiger partial charge in [0.1, 0.15) is 6.04 Å². The van der Waals surface area contributed by atoms with E-state index in [1.165, 1.54) is 11.3 Å². The summed E-state index contributed by atoms with van der Waals surface area (Å²) in [5.74, 6) is -0.225. The molecule has 23 heavy (non-hydrogen) atoms. The molecule has 0 radical (unpaired) electrons. The summed E-state index contributed by atoms with van der Waals surface area (Å²) in [6.07, 6.45) is 3.85. The van der Waals surface area contributed by atoms with Crippen LogP contribution in [-0.4, -0.2) is 22.8 Å². The first-order valence-corrected chi connectivity index (χ1v) is 8.51. The second-order valence-corrected chi connectivity index (χ2v) is 6.92. The van der Waals surface area contributed by atoms with Crippen molar-refractivity contribution >= 4 is 34.0 Å². The van der Waals surface area contributed by atoms with Crippen LogP contribution in [-0.2, 0) is 16.0 Å². The van der Waals surface area contributed by atoms with Gasteiger partial charge in [-0.15, -0.1) is 11.3 Å². The molecular formula is C17H19N3O2S. The van der Waals surface area contributed by atoms with Crippen LogP contribution in [0.15, 0.2) is 30.5 Å². The molecule has 1 atom stereocenters. The van der Waals surface area contributed by atoms with Gasteiger partial charge in [0.25, 0.3) is 0 Å². The van der Waals surface area contributed by atoms with Crippen molar-refractivity contribution in [2.75, 3.05) is 10.2 Å². The van der Waals surface area contributed by atoms with E-state index in [1.807, 2.05) is 31.2 Å². The third-order valence-electron chi connectivity index (χ3n) is 3.97. The number of benzene rings is 1. The number of carbonyl (C=O) groups is 2. The van der Waals surface area contributed by atoms with E-state index < -0.39 is 6.04 Å². The Bertz CT molecular complexity index is 741. The topological polar surface area (TPSA) is 62.3 Å². The third kappa shape index (κ3) is 3.27. The van der Waals surface area contributed by atoms with E-state index in [2.05, 4.69) is 10.3 Å². The van der Waals surface area contributed by atoms with Crippen LogP contribution in [0.1, 0.15) is 30.2 Å². The van der Waals surface area contributed by atoms with E-state index in [9.17, 15) is 9.59 Å². The number of rotatable bonds is 3. The first kappa shape index (κ1) is 15.7. The molecule has 2 amide bonds. The van der Waals surface area contributed by atoms with Gasteiger partial charge in [-0.25, -0.2) is 4.98 Å². The van der Waals surface area contributed by atoms with E-state index in [1.54, 1.807) is 18.0 Å². The number of thiazole rings is 1. The minimum Gasteiger partial charge on any atom is -0.300 e. The molecule has 0 spiro atoms. The van der Waals surface area contributed by atoms with Gasteiger partial charge in [-0.1, -0.05) is 18.2 Å². The van der Waals surface area contributed by atoms with Crippen LogP contribution in [0.2, 0.25) is 0 Å². The van der Waals surface area contributed by atoms with Crippen LogP contribution < -0.4 is 10.2 Å². The summed E-state index contributed by atoms with van der Waals surface area (Å²) in [6.45, 7) is 3.70. The number of hydrogen-bond acceptors (Lipinski definition) is 4. The van der Waals surface area contributed by atoms with Gasteiger partial charge in [0, 0.05) is 23.2 Å². The Kier molecular flexibility index (Phi) is 4.43. The standard InChI is InChI=1S/C17H19N3O2S/c1-11-10-18-17(23-11)19-16(22)12(2)20-14-8-4-3-6-13(14)7-5-9-15(20)21/h3-4,6,8,10,12H,5,7,9H2,1-2H3,(H,18,19,22)/t12-/m0/s1. The van der Waals surface area contributed by atoms with Crippen molar-refractivity contribution in [2.24, 2.45) is 0 Å². The van der Waals surface area contributed by atoms with Crippen molar-refractivity contribution in [1.82, 2.24) is 4.98 Å². The highest BCUT2D eigenvalue weighted by atomic mass is 32.1. The molecule has 0 unspecified atom stereocenters. The van der Waals surface area contributed by atoms with E-state index >= 15 is 0 Å². The number of aromatic nitrogens is 1. The summed E-state index contributed by atoms with van der Waals surface area (Å²) in [6, 6.07) is 7.23. The molecule has 1 aromatic heterocycles. The maximum Gasteiger partial charge on any atom is 0.249 e. The van der Waals surface area contributed by atoms with Crippen molar-refractivity contribution in [3.8, 4) is 0 Å². The van der Waals surface area contributed by atoms with Crippen LogP contribution in [0.3, 0.4) is 0 Å². The fourth-order valence-electron chi connectivity index (χ4n) is 2.81. The number of para-hydroxylation sites is 1. The molecule has 3 rings (SSSR count). The Labute approximate surface area is 139 Å². The summed E-state index contributed by atoms with van der Waals surface area (Å²) in [7, 11) is 0. The summed E-state index contributed by atoms with van der Waals surface area (Å²) < 4.78 is 0. The van der Waals surface area contributed by atoms with Crippen molar-refractivity contribution < 1.29 is 9.59 Å². The van der Waals surface area contributed by atoms with E-state index in [0.29, 0.717) is 11.6 Å². The van der Waals surface area contributed by atoms with Crippen LogP contribution in [0.25, 0.3) is 0 Å². The predicted molar refractivity (Wildman–Crippen MR) is 91.8 cm³/mol. The molecule has 1 aliphatic heterocycles. The number of nitrogens with one attached hydrogen (secondary N) is 1. The Hall–Kier alpha value is -2.21. The first-order valence-electron chi connectivity index (χ1n) is 7.69. The van der Waals surface area contributed by atoms with Crippen LogP contribution in [0.4, 0.5) is 10.8 Å². The predicted octanol–water partition coefficient (Wildman–Crippen LogP) is 3.15. The zero-order valence-electron chi connectivity index (χ0n) is 13.2. The number of hydrogen-bond donors (Lipinski definition) is 1. The Morgan fingerprint density at radius 1 is 1.35 bits per heavy atom. The summed E-state index contributed by atoms with van der Waals surface area (Å²) in [5, 5.41) is 3.37. The summed E-state index contributed by atoms with van der Waals surface area (Å²) in [5.41, 5.74) is 1.95. The van der Waals surface area contributed by atoms with Gasteiger partial charge < -0.3 is 5.32 Å². The van der Waals surface area contributed by atoms with Gasteiger partial charge in [0.15, 0.2) is 5.13 Å². The molecule has 0 saturated heterocycles. The molecule has 2 heterocycles. The maximum absolute atomic E-state index is 12.6. The molecule has 1 aliphatic rings. The van der Waals surface area contributed by atoms with E-state index in [4.69, 9.17) is 0 Å². The lowest BCUT2D eigenvalue weighted by atomic mass is 10.1. The second-order valence-electron chi connectivity index (χ2n) is 5.69. The Balaban J connectivity index is 1.86. The molecule has 6 heteroatoms. The molecule has 1 N–H and O–H groups in total. The van der Waals surface area contributed by atoms with Gasteiger partial charge in [0.05, 0.1) is 0 Å². The largest absolute Gasteiger partial charge is 0.300 e. The lowest BCUT2D eigenvalue weighted by Crippen LogP contribution is -2.45. The lowest BCUT2D eigenvalue weighted by molar-refractivity contribution is -0.123. The minimum absolute atomic E-state index is 0.00656. The van der Waals surface area contributed by atoms with Crippen molar-refractivity contribution in [3.63, 3.8) is 0 Å². The molecular weight excluding hydrogens is 310 g/mol. The van der Waals surface area contributed by atoms with Gasteiger partial charge in [-0.2, -0.15) is 0 Å². The fraction of sp³-hybridized carbons (Fsp3) is 0.353. The maximum atomic E-state index is 12.6. The molecule has 0 fully saturated rings. The normalized spacial score (nSPS) is 15.7. The zero-order chi connectivity index (χ0) is 16.4. The van der Waals surface area contributed by atoms with Crippen molar-refractivity contribution in [1.29, 1.82) is 0 Å². The molecule has 1 aromatic carbocycles. The highest BCUT2D eigenvalue weighted by Gasteiger charge is 2.30. The minimum atomic E-state index is -0.578. The highest BCUT2D eigenvalue weighted by molar-refractivity contribution is 7.15. The second kappa shape index (κ2) is 6.50. The van der Waals surface area contributed by atoms with E-state index in [0.717, 1.165) is 29.0 Å². The monoisotopic (exact) mass is 329 g/mol.